The molecule has 5 heteroatoms. The fourth-order valence-electron chi connectivity index (χ4n) is 1.51. The first-order valence-electron chi connectivity index (χ1n) is 5.75. The number of anilines is 1. The minimum atomic E-state index is -0.0372. The standard InChI is InChI=1S/C14H13IN2OS/c1-10-5-2-3-7-12(10)19-9-13(18)17-14-11(15)6-4-8-16-14/h2-8H,9H2,1H3,(H,16,17,18). The average molecular weight is 384 g/mol. The molecule has 1 amide bonds. The fourth-order valence-corrected chi connectivity index (χ4v) is 2.82. The number of aromatic nitrogens is 1. The maximum absolute atomic E-state index is 11.9. The molecule has 2 aromatic rings. The molecule has 0 fully saturated rings. The van der Waals surface area contributed by atoms with Crippen molar-refractivity contribution in [2.24, 2.45) is 0 Å². The molecular weight excluding hydrogens is 371 g/mol. The van der Waals surface area contributed by atoms with Crippen LogP contribution in [0.2, 0.25) is 0 Å². The normalized spacial score (nSPS) is 10.2. The number of nitrogens with one attached hydrogen (secondary N) is 1. The second kappa shape index (κ2) is 6.91. The minimum Gasteiger partial charge on any atom is -0.309 e. The molecule has 98 valence electrons. The molecule has 19 heavy (non-hydrogen) atoms. The van der Waals surface area contributed by atoms with Crippen molar-refractivity contribution in [2.45, 2.75) is 11.8 Å². The Morgan fingerprint density at radius 3 is 2.84 bits per heavy atom. The van der Waals surface area contributed by atoms with Gasteiger partial charge in [-0.3, -0.25) is 4.79 Å². The van der Waals surface area contributed by atoms with E-state index in [4.69, 9.17) is 0 Å². The molecule has 3 nitrogen and oxygen atoms in total. The van der Waals surface area contributed by atoms with Crippen LogP contribution in [0.1, 0.15) is 5.56 Å². The Hall–Kier alpha value is -1.08. The summed E-state index contributed by atoms with van der Waals surface area (Å²) in [5, 5.41) is 2.82. The largest absolute Gasteiger partial charge is 0.309 e. The Labute approximate surface area is 130 Å². The van der Waals surface area contributed by atoms with Gasteiger partial charge in [0.15, 0.2) is 0 Å². The molecule has 1 aromatic carbocycles. The molecule has 0 bridgehead atoms. The molecule has 0 atom stereocenters. The zero-order chi connectivity index (χ0) is 13.7. The van der Waals surface area contributed by atoms with Crippen LogP contribution in [0.3, 0.4) is 0 Å². The van der Waals surface area contributed by atoms with E-state index in [1.807, 2.05) is 43.3 Å². The average Bonchev–Trinajstić information content (AvgIpc) is 2.40. The van der Waals surface area contributed by atoms with E-state index < -0.39 is 0 Å². The number of carbonyl (C=O) groups excluding carboxylic acids is 1. The molecule has 0 aliphatic heterocycles. The number of thioether (sulfide) groups is 1. The monoisotopic (exact) mass is 384 g/mol. The molecule has 1 aromatic heterocycles. The molecule has 2 rings (SSSR count). The molecule has 0 aliphatic carbocycles. The predicted molar refractivity (Wildman–Crippen MR) is 87.5 cm³/mol. The third kappa shape index (κ3) is 4.21. The lowest BCUT2D eigenvalue weighted by molar-refractivity contribution is -0.113. The van der Waals surface area contributed by atoms with Crippen LogP contribution in [0.5, 0.6) is 0 Å². The van der Waals surface area contributed by atoms with Crippen molar-refractivity contribution in [3.63, 3.8) is 0 Å². The van der Waals surface area contributed by atoms with E-state index in [0.29, 0.717) is 11.6 Å². The van der Waals surface area contributed by atoms with Gasteiger partial charge in [0, 0.05) is 11.1 Å². The lowest BCUT2D eigenvalue weighted by Crippen LogP contribution is -2.15. The van der Waals surface area contributed by atoms with Crippen molar-refractivity contribution >= 4 is 46.1 Å². The molecule has 1 heterocycles. The van der Waals surface area contributed by atoms with Crippen molar-refractivity contribution in [2.75, 3.05) is 11.1 Å². The number of benzene rings is 1. The third-order valence-corrected chi connectivity index (χ3v) is 4.51. The number of aryl methyl sites for hydroxylation is 1. The Morgan fingerprint density at radius 2 is 2.11 bits per heavy atom. The highest BCUT2D eigenvalue weighted by Gasteiger charge is 2.07. The summed E-state index contributed by atoms with van der Waals surface area (Å²) < 4.78 is 0.939. The molecule has 0 aliphatic rings. The smallest absolute Gasteiger partial charge is 0.235 e. The Kier molecular flexibility index (Phi) is 5.21. The second-order valence-electron chi connectivity index (χ2n) is 3.94. The quantitative estimate of drug-likeness (QED) is 0.645. The molecule has 0 spiro atoms. The van der Waals surface area contributed by atoms with Gasteiger partial charge < -0.3 is 5.32 Å². The molecule has 0 saturated carbocycles. The minimum absolute atomic E-state index is 0.0372. The maximum Gasteiger partial charge on any atom is 0.235 e. The van der Waals surface area contributed by atoms with Gasteiger partial charge in [0.05, 0.1) is 9.32 Å². The predicted octanol–water partition coefficient (Wildman–Crippen LogP) is 3.73. The van der Waals surface area contributed by atoms with E-state index >= 15 is 0 Å². The van der Waals surface area contributed by atoms with E-state index in [1.165, 1.54) is 17.3 Å². The maximum atomic E-state index is 11.9. The van der Waals surface area contributed by atoms with Crippen molar-refractivity contribution < 1.29 is 4.79 Å². The summed E-state index contributed by atoms with van der Waals surface area (Å²) in [6, 6.07) is 11.8. The molecular formula is C14H13IN2OS. The van der Waals surface area contributed by atoms with Crippen LogP contribution < -0.4 is 5.32 Å². The van der Waals surface area contributed by atoms with Crippen molar-refractivity contribution in [1.82, 2.24) is 4.98 Å². The van der Waals surface area contributed by atoms with E-state index in [-0.39, 0.29) is 5.91 Å². The summed E-state index contributed by atoms with van der Waals surface area (Å²) in [6.45, 7) is 2.04. The first-order valence-corrected chi connectivity index (χ1v) is 7.82. The number of amides is 1. The zero-order valence-corrected chi connectivity index (χ0v) is 13.4. The first kappa shape index (κ1) is 14.3. The van der Waals surface area contributed by atoms with Crippen molar-refractivity contribution in [3.8, 4) is 0 Å². The van der Waals surface area contributed by atoms with Crippen molar-refractivity contribution in [3.05, 3.63) is 51.7 Å². The number of carbonyl (C=O) groups is 1. The Balaban J connectivity index is 1.92. The Bertz CT molecular complexity index is 589. The lowest BCUT2D eigenvalue weighted by Gasteiger charge is -2.07. The van der Waals surface area contributed by atoms with Crippen LogP contribution in [0, 0.1) is 10.5 Å². The summed E-state index contributed by atoms with van der Waals surface area (Å²) in [5.74, 6) is 0.973. The third-order valence-electron chi connectivity index (χ3n) is 2.47. The molecule has 0 radical (unpaired) electrons. The number of hydrogen-bond donors (Lipinski definition) is 1. The van der Waals surface area contributed by atoms with Gasteiger partial charge in [-0.25, -0.2) is 4.98 Å². The summed E-state index contributed by atoms with van der Waals surface area (Å²) in [6.07, 6.45) is 1.67. The first-order chi connectivity index (χ1) is 9.16. The van der Waals surface area contributed by atoms with E-state index in [9.17, 15) is 4.79 Å². The SMILES string of the molecule is Cc1ccccc1SCC(=O)Nc1ncccc1I. The fraction of sp³-hybridized carbons (Fsp3) is 0.143. The lowest BCUT2D eigenvalue weighted by atomic mass is 10.2. The van der Waals surface area contributed by atoms with Gasteiger partial charge in [-0.1, -0.05) is 18.2 Å². The summed E-state index contributed by atoms with van der Waals surface area (Å²) in [7, 11) is 0. The number of pyridine rings is 1. The van der Waals surface area contributed by atoms with Crippen LogP contribution in [0.4, 0.5) is 5.82 Å². The molecule has 1 N–H and O–H groups in total. The van der Waals surface area contributed by atoms with Gasteiger partial charge in [0.1, 0.15) is 5.82 Å². The van der Waals surface area contributed by atoms with E-state index in [2.05, 4.69) is 32.9 Å². The molecule has 0 unspecified atom stereocenters. The van der Waals surface area contributed by atoms with Gasteiger partial charge >= 0.3 is 0 Å². The van der Waals surface area contributed by atoms with Gasteiger partial charge in [-0.15, -0.1) is 11.8 Å². The van der Waals surface area contributed by atoms with Crippen LogP contribution in [0.25, 0.3) is 0 Å². The topological polar surface area (TPSA) is 42.0 Å². The van der Waals surface area contributed by atoms with Crippen LogP contribution >= 0.6 is 34.4 Å². The highest BCUT2D eigenvalue weighted by atomic mass is 127. The Morgan fingerprint density at radius 1 is 1.32 bits per heavy atom. The van der Waals surface area contributed by atoms with Gasteiger partial charge in [0.2, 0.25) is 5.91 Å². The second-order valence-corrected chi connectivity index (χ2v) is 6.12. The van der Waals surface area contributed by atoms with Crippen LogP contribution in [0.15, 0.2) is 47.5 Å². The highest BCUT2D eigenvalue weighted by molar-refractivity contribution is 14.1. The van der Waals surface area contributed by atoms with Gasteiger partial charge in [-0.2, -0.15) is 0 Å². The van der Waals surface area contributed by atoms with E-state index in [1.54, 1.807) is 6.20 Å². The van der Waals surface area contributed by atoms with Gasteiger partial charge in [0.25, 0.3) is 0 Å². The number of halogens is 1. The van der Waals surface area contributed by atoms with Crippen LogP contribution in [-0.2, 0) is 4.79 Å². The van der Waals surface area contributed by atoms with Crippen LogP contribution in [-0.4, -0.2) is 16.6 Å². The number of nitrogens with zero attached hydrogens (tertiary/aromatic N) is 1. The zero-order valence-electron chi connectivity index (χ0n) is 10.4. The molecule has 0 saturated heterocycles. The number of hydrogen-bond acceptors (Lipinski definition) is 3. The summed E-state index contributed by atoms with van der Waals surface area (Å²) >= 11 is 3.69. The summed E-state index contributed by atoms with van der Waals surface area (Å²) in [5.41, 5.74) is 1.19. The highest BCUT2D eigenvalue weighted by Crippen LogP contribution is 2.22. The van der Waals surface area contributed by atoms with Crippen molar-refractivity contribution in [1.29, 1.82) is 0 Å². The number of rotatable bonds is 4. The van der Waals surface area contributed by atoms with Gasteiger partial charge in [-0.05, 0) is 53.3 Å². The van der Waals surface area contributed by atoms with E-state index in [0.717, 1.165) is 8.47 Å². The summed E-state index contributed by atoms with van der Waals surface area (Å²) in [4.78, 5) is 17.1.